The van der Waals surface area contributed by atoms with Crippen LogP contribution < -0.4 is 10.5 Å². The molecular formula is C12H11BrClN3O2S. The van der Waals surface area contributed by atoms with E-state index in [1.165, 1.54) is 12.3 Å². The molecule has 0 spiro atoms. The molecule has 0 aliphatic heterocycles. The van der Waals surface area contributed by atoms with Crippen LogP contribution in [0.1, 0.15) is 5.56 Å². The summed E-state index contributed by atoms with van der Waals surface area (Å²) in [7, 11) is -3.75. The Labute approximate surface area is 130 Å². The highest BCUT2D eigenvalue weighted by molar-refractivity contribution is 9.10. The number of hydrogen-bond donors (Lipinski definition) is 2. The van der Waals surface area contributed by atoms with Crippen molar-refractivity contribution in [3.05, 3.63) is 51.6 Å². The van der Waals surface area contributed by atoms with Crippen LogP contribution in [0.4, 0.5) is 5.69 Å². The van der Waals surface area contributed by atoms with Crippen molar-refractivity contribution in [3.63, 3.8) is 0 Å². The van der Waals surface area contributed by atoms with E-state index in [0.29, 0.717) is 21.7 Å². The molecule has 3 N–H and O–H groups in total. The van der Waals surface area contributed by atoms with Crippen LogP contribution in [0.25, 0.3) is 0 Å². The van der Waals surface area contributed by atoms with Crippen molar-refractivity contribution in [2.75, 3.05) is 4.72 Å². The summed E-state index contributed by atoms with van der Waals surface area (Å²) < 4.78 is 27.3. The minimum Gasteiger partial charge on any atom is -0.326 e. The SMILES string of the molecule is NCc1ccc(S(=O)(=O)Nc2ccc(Cl)cc2Br)nc1. The Balaban J connectivity index is 2.30. The fourth-order valence-electron chi connectivity index (χ4n) is 1.46. The zero-order valence-electron chi connectivity index (χ0n) is 10.2. The number of rotatable bonds is 4. The van der Waals surface area contributed by atoms with E-state index < -0.39 is 10.0 Å². The van der Waals surface area contributed by atoms with Gasteiger partial charge in [0.25, 0.3) is 10.0 Å². The first-order valence-electron chi connectivity index (χ1n) is 5.55. The molecule has 0 unspecified atom stereocenters. The van der Waals surface area contributed by atoms with E-state index in [0.717, 1.165) is 5.56 Å². The van der Waals surface area contributed by atoms with E-state index in [9.17, 15) is 8.42 Å². The van der Waals surface area contributed by atoms with Crippen molar-refractivity contribution in [1.82, 2.24) is 4.98 Å². The molecule has 2 rings (SSSR count). The maximum absolute atomic E-state index is 12.2. The quantitative estimate of drug-likeness (QED) is 0.859. The largest absolute Gasteiger partial charge is 0.326 e. The van der Waals surface area contributed by atoms with Gasteiger partial charge in [0.2, 0.25) is 0 Å². The zero-order valence-corrected chi connectivity index (χ0v) is 13.3. The first kappa shape index (κ1) is 15.2. The number of hydrogen-bond acceptors (Lipinski definition) is 4. The van der Waals surface area contributed by atoms with E-state index in [2.05, 4.69) is 25.6 Å². The average molecular weight is 377 g/mol. The van der Waals surface area contributed by atoms with Gasteiger partial charge >= 0.3 is 0 Å². The summed E-state index contributed by atoms with van der Waals surface area (Å²) in [5, 5.41) is 0.432. The van der Waals surface area contributed by atoms with Crippen LogP contribution in [0.15, 0.2) is 46.0 Å². The standard InChI is InChI=1S/C12H11BrClN3O2S/c13-10-5-9(14)2-3-11(10)17-20(18,19)12-4-1-8(6-15)7-16-12/h1-5,7,17H,6,15H2. The van der Waals surface area contributed by atoms with Crippen LogP contribution >= 0.6 is 27.5 Å². The number of halogens is 2. The molecule has 0 bridgehead atoms. The average Bonchev–Trinajstić information content (AvgIpc) is 2.42. The normalized spacial score (nSPS) is 11.3. The monoisotopic (exact) mass is 375 g/mol. The molecule has 1 aromatic heterocycles. The summed E-state index contributed by atoms with van der Waals surface area (Å²) in [5.74, 6) is 0. The van der Waals surface area contributed by atoms with Gasteiger partial charge in [0.05, 0.1) is 5.69 Å². The lowest BCUT2D eigenvalue weighted by atomic mass is 10.3. The number of nitrogens with two attached hydrogens (primary N) is 1. The second-order valence-electron chi connectivity index (χ2n) is 3.94. The Morgan fingerprint density at radius 1 is 1.30 bits per heavy atom. The number of aromatic nitrogens is 1. The van der Waals surface area contributed by atoms with Crippen molar-refractivity contribution in [2.24, 2.45) is 5.73 Å². The number of benzene rings is 1. The predicted molar refractivity (Wildman–Crippen MR) is 82.1 cm³/mol. The van der Waals surface area contributed by atoms with E-state index in [1.54, 1.807) is 24.3 Å². The molecule has 1 aromatic carbocycles. The maximum Gasteiger partial charge on any atom is 0.279 e. The van der Waals surface area contributed by atoms with Gasteiger partial charge in [-0.2, -0.15) is 8.42 Å². The highest BCUT2D eigenvalue weighted by Crippen LogP contribution is 2.27. The molecule has 2 aromatic rings. The lowest BCUT2D eigenvalue weighted by Crippen LogP contribution is -2.15. The molecule has 0 atom stereocenters. The summed E-state index contributed by atoms with van der Waals surface area (Å²) in [6.07, 6.45) is 1.44. The third kappa shape index (κ3) is 3.49. The van der Waals surface area contributed by atoms with Gasteiger partial charge in [-0.15, -0.1) is 0 Å². The molecule has 0 aliphatic carbocycles. The maximum atomic E-state index is 12.2. The minimum atomic E-state index is -3.75. The summed E-state index contributed by atoms with van der Waals surface area (Å²) in [6, 6.07) is 7.80. The molecule has 0 aliphatic rings. The van der Waals surface area contributed by atoms with Crippen molar-refractivity contribution >= 4 is 43.2 Å². The van der Waals surface area contributed by atoms with Crippen LogP contribution in [0.3, 0.4) is 0 Å². The molecule has 0 radical (unpaired) electrons. The highest BCUT2D eigenvalue weighted by atomic mass is 79.9. The number of nitrogens with one attached hydrogen (secondary N) is 1. The lowest BCUT2D eigenvalue weighted by molar-refractivity contribution is 0.597. The zero-order chi connectivity index (χ0) is 14.8. The molecule has 1 heterocycles. The fourth-order valence-corrected chi connectivity index (χ4v) is 3.38. The smallest absolute Gasteiger partial charge is 0.279 e. The summed E-state index contributed by atoms with van der Waals surface area (Å²) in [4.78, 5) is 3.89. The second-order valence-corrected chi connectivity index (χ2v) is 6.86. The number of nitrogens with zero attached hydrogens (tertiary/aromatic N) is 1. The molecule has 0 saturated heterocycles. The number of sulfonamides is 1. The van der Waals surface area contributed by atoms with Crippen LogP contribution in [0, 0.1) is 0 Å². The predicted octanol–water partition coefficient (Wildman–Crippen LogP) is 2.76. The van der Waals surface area contributed by atoms with Crippen LogP contribution in [0.2, 0.25) is 5.02 Å². The van der Waals surface area contributed by atoms with Crippen molar-refractivity contribution in [1.29, 1.82) is 0 Å². The molecule has 20 heavy (non-hydrogen) atoms. The summed E-state index contributed by atoms with van der Waals surface area (Å²) in [6.45, 7) is 0.309. The van der Waals surface area contributed by atoms with Crippen molar-refractivity contribution in [3.8, 4) is 0 Å². The highest BCUT2D eigenvalue weighted by Gasteiger charge is 2.17. The molecule has 0 saturated carbocycles. The van der Waals surface area contributed by atoms with Gasteiger partial charge in [-0.3, -0.25) is 4.72 Å². The molecule has 8 heteroatoms. The van der Waals surface area contributed by atoms with Gasteiger partial charge in [0.15, 0.2) is 5.03 Å². The van der Waals surface area contributed by atoms with Gasteiger partial charge in [0, 0.05) is 22.2 Å². The summed E-state index contributed by atoms with van der Waals surface area (Å²) in [5.41, 5.74) is 6.59. The van der Waals surface area contributed by atoms with E-state index in [1.807, 2.05) is 0 Å². The fraction of sp³-hybridized carbons (Fsp3) is 0.0833. The Bertz CT molecular complexity index is 720. The number of pyridine rings is 1. The van der Waals surface area contributed by atoms with Crippen molar-refractivity contribution < 1.29 is 8.42 Å². The molecule has 5 nitrogen and oxygen atoms in total. The van der Waals surface area contributed by atoms with Crippen molar-refractivity contribution in [2.45, 2.75) is 11.6 Å². The first-order valence-corrected chi connectivity index (χ1v) is 8.20. The molecule has 0 amide bonds. The van der Waals surface area contributed by atoms with Gasteiger partial charge in [-0.05, 0) is 45.8 Å². The number of anilines is 1. The van der Waals surface area contributed by atoms with Gasteiger partial charge < -0.3 is 5.73 Å². The van der Waals surface area contributed by atoms with Crippen LogP contribution in [0.5, 0.6) is 0 Å². The molecule has 0 fully saturated rings. The Hall–Kier alpha value is -1.15. The van der Waals surface area contributed by atoms with E-state index in [-0.39, 0.29) is 5.03 Å². The summed E-state index contributed by atoms with van der Waals surface area (Å²) >= 11 is 9.05. The Morgan fingerprint density at radius 3 is 2.60 bits per heavy atom. The minimum absolute atomic E-state index is 0.0726. The first-order chi connectivity index (χ1) is 9.42. The van der Waals surface area contributed by atoms with E-state index >= 15 is 0 Å². The topological polar surface area (TPSA) is 85.1 Å². The lowest BCUT2D eigenvalue weighted by Gasteiger charge is -2.09. The van der Waals surface area contributed by atoms with Crippen LogP contribution in [-0.4, -0.2) is 13.4 Å². The van der Waals surface area contributed by atoms with E-state index in [4.69, 9.17) is 17.3 Å². The Kier molecular flexibility index (Phi) is 4.64. The Morgan fingerprint density at radius 2 is 2.05 bits per heavy atom. The molecule has 106 valence electrons. The van der Waals surface area contributed by atoms with Gasteiger partial charge in [0.1, 0.15) is 0 Å². The van der Waals surface area contributed by atoms with Gasteiger partial charge in [-0.1, -0.05) is 17.7 Å². The van der Waals surface area contributed by atoms with Gasteiger partial charge in [-0.25, -0.2) is 4.98 Å². The third-order valence-electron chi connectivity index (χ3n) is 2.48. The third-order valence-corrected chi connectivity index (χ3v) is 4.66. The molecular weight excluding hydrogens is 366 g/mol. The second kappa shape index (κ2) is 6.09. The van der Waals surface area contributed by atoms with Crippen LogP contribution in [-0.2, 0) is 16.6 Å².